The van der Waals surface area contributed by atoms with E-state index in [-0.39, 0.29) is 23.5 Å². The number of sulfone groups is 1. The number of hydrogen-bond donors (Lipinski definition) is 0. The van der Waals surface area contributed by atoms with E-state index in [1.807, 2.05) is 6.07 Å². The SMILES string of the molecule is CN(C(=O)c1cc2c(s1)CCC2)C1CCS(=O)(=O)C1. The number of fused-ring (bicyclic) bond motifs is 1. The lowest BCUT2D eigenvalue weighted by molar-refractivity contribution is 0.0752. The topological polar surface area (TPSA) is 54.5 Å². The second-order valence-corrected chi connectivity index (χ2v) is 8.75. The van der Waals surface area contributed by atoms with Gasteiger partial charge < -0.3 is 4.90 Å². The summed E-state index contributed by atoms with van der Waals surface area (Å²) in [6, 6.07) is 1.84. The number of nitrogens with zero attached hydrogens (tertiary/aromatic N) is 1. The molecule has 2 heterocycles. The summed E-state index contributed by atoms with van der Waals surface area (Å²) in [7, 11) is -1.22. The first-order chi connectivity index (χ1) is 8.96. The third-order valence-corrected chi connectivity index (χ3v) is 7.01. The first kappa shape index (κ1) is 13.1. The zero-order chi connectivity index (χ0) is 13.6. The van der Waals surface area contributed by atoms with Crippen LogP contribution in [-0.2, 0) is 22.7 Å². The normalized spacial score (nSPS) is 24.4. The molecular formula is C13H17NO3S2. The summed E-state index contributed by atoms with van der Waals surface area (Å²) >= 11 is 1.58. The minimum absolute atomic E-state index is 0.0264. The van der Waals surface area contributed by atoms with Crippen LogP contribution in [0.15, 0.2) is 6.07 Å². The Kier molecular flexibility index (Phi) is 3.17. The Morgan fingerprint density at radius 2 is 2.21 bits per heavy atom. The van der Waals surface area contributed by atoms with Crippen LogP contribution < -0.4 is 0 Å². The molecule has 0 radical (unpaired) electrons. The smallest absolute Gasteiger partial charge is 0.263 e. The zero-order valence-corrected chi connectivity index (χ0v) is 12.5. The van der Waals surface area contributed by atoms with Gasteiger partial charge >= 0.3 is 0 Å². The fourth-order valence-electron chi connectivity index (χ4n) is 2.85. The van der Waals surface area contributed by atoms with Crippen LogP contribution in [0.2, 0.25) is 0 Å². The highest BCUT2D eigenvalue weighted by Crippen LogP contribution is 2.31. The van der Waals surface area contributed by atoms with E-state index in [9.17, 15) is 13.2 Å². The molecule has 0 spiro atoms. The quantitative estimate of drug-likeness (QED) is 0.831. The molecule has 4 nitrogen and oxygen atoms in total. The molecule has 0 saturated carbocycles. The maximum atomic E-state index is 12.4. The van der Waals surface area contributed by atoms with Gasteiger partial charge in [0, 0.05) is 18.0 Å². The lowest BCUT2D eigenvalue weighted by Crippen LogP contribution is -2.37. The molecule has 1 aromatic rings. The van der Waals surface area contributed by atoms with E-state index in [1.165, 1.54) is 16.9 Å². The summed E-state index contributed by atoms with van der Waals surface area (Å²) in [5, 5.41) is 0. The van der Waals surface area contributed by atoms with E-state index in [1.54, 1.807) is 23.3 Å². The highest BCUT2D eigenvalue weighted by atomic mass is 32.2. The predicted octanol–water partition coefficient (Wildman–Crippen LogP) is 1.50. The van der Waals surface area contributed by atoms with Crippen molar-refractivity contribution < 1.29 is 13.2 Å². The lowest BCUT2D eigenvalue weighted by Gasteiger charge is -2.22. The van der Waals surface area contributed by atoms with Gasteiger partial charge in [-0.05, 0) is 37.3 Å². The molecule has 1 aromatic heterocycles. The van der Waals surface area contributed by atoms with Crippen LogP contribution in [0.5, 0.6) is 0 Å². The molecule has 1 aliphatic carbocycles. The second-order valence-electron chi connectivity index (χ2n) is 5.39. The van der Waals surface area contributed by atoms with Crippen LogP contribution in [0, 0.1) is 0 Å². The molecule has 1 atom stereocenters. The number of thiophene rings is 1. The second kappa shape index (κ2) is 4.59. The van der Waals surface area contributed by atoms with Gasteiger partial charge in [0.15, 0.2) is 9.84 Å². The maximum absolute atomic E-state index is 12.4. The van der Waals surface area contributed by atoms with Gasteiger partial charge in [-0.15, -0.1) is 11.3 Å². The van der Waals surface area contributed by atoms with Crippen molar-refractivity contribution in [1.82, 2.24) is 4.90 Å². The Morgan fingerprint density at radius 3 is 2.84 bits per heavy atom. The molecule has 0 aromatic carbocycles. The number of carbonyl (C=O) groups is 1. The Balaban J connectivity index is 1.76. The zero-order valence-electron chi connectivity index (χ0n) is 10.9. The lowest BCUT2D eigenvalue weighted by atomic mass is 10.2. The van der Waals surface area contributed by atoms with E-state index in [2.05, 4.69) is 0 Å². The Bertz CT molecular complexity index is 596. The van der Waals surface area contributed by atoms with E-state index >= 15 is 0 Å². The minimum Gasteiger partial charge on any atom is -0.337 e. The number of hydrogen-bond acceptors (Lipinski definition) is 4. The van der Waals surface area contributed by atoms with Crippen LogP contribution >= 0.6 is 11.3 Å². The van der Waals surface area contributed by atoms with Crippen molar-refractivity contribution in [1.29, 1.82) is 0 Å². The molecule has 1 amide bonds. The minimum atomic E-state index is -2.94. The molecule has 19 heavy (non-hydrogen) atoms. The van der Waals surface area contributed by atoms with Crippen LogP contribution in [-0.4, -0.2) is 43.8 Å². The van der Waals surface area contributed by atoms with Crippen molar-refractivity contribution in [2.24, 2.45) is 0 Å². The van der Waals surface area contributed by atoms with Gasteiger partial charge in [-0.2, -0.15) is 0 Å². The highest BCUT2D eigenvalue weighted by Gasteiger charge is 2.33. The maximum Gasteiger partial charge on any atom is 0.263 e. The Labute approximate surface area is 117 Å². The molecular weight excluding hydrogens is 282 g/mol. The fourth-order valence-corrected chi connectivity index (χ4v) is 5.87. The first-order valence-electron chi connectivity index (χ1n) is 6.55. The van der Waals surface area contributed by atoms with Crippen molar-refractivity contribution in [2.45, 2.75) is 31.7 Å². The Morgan fingerprint density at radius 1 is 1.42 bits per heavy atom. The van der Waals surface area contributed by atoms with Crippen LogP contribution in [0.1, 0.15) is 33.0 Å². The van der Waals surface area contributed by atoms with E-state index in [0.717, 1.165) is 17.7 Å². The summed E-state index contributed by atoms with van der Waals surface area (Å²) in [4.78, 5) is 16.1. The van der Waals surface area contributed by atoms with Gasteiger partial charge in [0.25, 0.3) is 5.91 Å². The predicted molar refractivity (Wildman–Crippen MR) is 75.5 cm³/mol. The van der Waals surface area contributed by atoms with Crippen molar-refractivity contribution in [3.63, 3.8) is 0 Å². The average Bonchev–Trinajstić information content (AvgIpc) is 3.00. The van der Waals surface area contributed by atoms with Crippen molar-refractivity contribution >= 4 is 27.1 Å². The molecule has 0 bridgehead atoms. The Hall–Kier alpha value is -0.880. The third kappa shape index (κ3) is 2.43. The molecule has 1 unspecified atom stereocenters. The molecule has 1 aliphatic heterocycles. The highest BCUT2D eigenvalue weighted by molar-refractivity contribution is 7.91. The number of amides is 1. The number of carbonyl (C=O) groups excluding carboxylic acids is 1. The van der Waals surface area contributed by atoms with E-state index in [0.29, 0.717) is 6.42 Å². The standard InChI is InChI=1S/C13H17NO3S2/c1-14(10-5-6-19(16,17)8-10)13(15)12-7-9-3-2-4-11(9)18-12/h7,10H,2-6,8H2,1H3. The van der Waals surface area contributed by atoms with Gasteiger partial charge in [0.2, 0.25) is 0 Å². The van der Waals surface area contributed by atoms with Crippen molar-refractivity contribution in [3.8, 4) is 0 Å². The molecule has 1 saturated heterocycles. The summed E-state index contributed by atoms with van der Waals surface area (Å²) in [6.07, 6.45) is 3.90. The molecule has 6 heteroatoms. The summed E-state index contributed by atoms with van der Waals surface area (Å²) in [5.41, 5.74) is 1.31. The fraction of sp³-hybridized carbons (Fsp3) is 0.615. The summed E-state index contributed by atoms with van der Waals surface area (Å²) in [5.74, 6) is 0.290. The molecule has 0 N–H and O–H groups in total. The van der Waals surface area contributed by atoms with Gasteiger partial charge in [0.1, 0.15) is 0 Å². The van der Waals surface area contributed by atoms with Gasteiger partial charge in [0.05, 0.1) is 16.4 Å². The largest absolute Gasteiger partial charge is 0.337 e. The van der Waals surface area contributed by atoms with Crippen LogP contribution in [0.4, 0.5) is 0 Å². The number of rotatable bonds is 2. The number of aryl methyl sites for hydroxylation is 2. The van der Waals surface area contributed by atoms with Gasteiger partial charge in [-0.3, -0.25) is 4.79 Å². The summed E-state index contributed by atoms with van der Waals surface area (Å²) < 4.78 is 23.0. The monoisotopic (exact) mass is 299 g/mol. The molecule has 2 aliphatic rings. The van der Waals surface area contributed by atoms with Gasteiger partial charge in [-0.25, -0.2) is 8.42 Å². The van der Waals surface area contributed by atoms with Crippen molar-refractivity contribution in [3.05, 3.63) is 21.4 Å². The van der Waals surface area contributed by atoms with Gasteiger partial charge in [-0.1, -0.05) is 0 Å². The first-order valence-corrected chi connectivity index (χ1v) is 9.19. The van der Waals surface area contributed by atoms with E-state index < -0.39 is 9.84 Å². The average molecular weight is 299 g/mol. The van der Waals surface area contributed by atoms with E-state index in [4.69, 9.17) is 0 Å². The molecule has 3 rings (SSSR count). The molecule has 104 valence electrons. The van der Waals surface area contributed by atoms with Crippen molar-refractivity contribution in [2.75, 3.05) is 18.6 Å². The van der Waals surface area contributed by atoms with Crippen LogP contribution in [0.25, 0.3) is 0 Å². The molecule has 1 fully saturated rings. The third-order valence-electron chi connectivity index (χ3n) is 4.03. The van der Waals surface area contributed by atoms with Crippen LogP contribution in [0.3, 0.4) is 0 Å². The summed E-state index contributed by atoms with van der Waals surface area (Å²) in [6.45, 7) is 0.